The highest BCUT2D eigenvalue weighted by atomic mass is 16.3. The third-order valence-corrected chi connectivity index (χ3v) is 26.1. The average molecular weight is 1750 g/mol. The van der Waals surface area contributed by atoms with E-state index in [4.69, 9.17) is 5.73 Å². The maximum absolute atomic E-state index is 11.6. The van der Waals surface area contributed by atoms with E-state index < -0.39 is 0 Å². The third-order valence-electron chi connectivity index (χ3n) is 26.1. The summed E-state index contributed by atoms with van der Waals surface area (Å²) in [5.41, 5.74) is 18.3. The van der Waals surface area contributed by atoms with Crippen molar-refractivity contribution in [3.05, 3.63) is 118 Å². The molecule has 21 nitrogen and oxygen atoms in total. The molecular formula is C105H168N10O11. The summed E-state index contributed by atoms with van der Waals surface area (Å²) in [6, 6.07) is 0. The van der Waals surface area contributed by atoms with Crippen LogP contribution in [-0.2, 0) is 47.9 Å². The van der Waals surface area contributed by atoms with Gasteiger partial charge in [-0.05, 0) is 204 Å². The van der Waals surface area contributed by atoms with E-state index in [1.165, 1.54) is 125 Å². The van der Waals surface area contributed by atoms with Gasteiger partial charge in [-0.15, -0.1) is 0 Å². The molecule has 6 aliphatic heterocycles. The monoisotopic (exact) mass is 1750 g/mol. The van der Waals surface area contributed by atoms with Gasteiger partial charge in [0.05, 0.1) is 6.10 Å². The van der Waals surface area contributed by atoms with Crippen molar-refractivity contribution in [2.24, 2.45) is 49.1 Å². The lowest BCUT2D eigenvalue weighted by Gasteiger charge is -2.40. The van der Waals surface area contributed by atoms with Gasteiger partial charge in [0.1, 0.15) is 0 Å². The van der Waals surface area contributed by atoms with Crippen LogP contribution >= 0.6 is 0 Å². The Morgan fingerprint density at radius 2 is 0.579 bits per heavy atom. The molecule has 0 unspecified atom stereocenters. The van der Waals surface area contributed by atoms with Gasteiger partial charge in [-0.25, -0.2) is 0 Å². The second-order valence-corrected chi connectivity index (χ2v) is 45.0. The zero-order valence-electron chi connectivity index (χ0n) is 82.1. The summed E-state index contributed by atoms with van der Waals surface area (Å²) < 4.78 is 0. The summed E-state index contributed by atoms with van der Waals surface area (Å²) in [5.74, 6) is 2.72. The molecule has 6 heterocycles. The summed E-state index contributed by atoms with van der Waals surface area (Å²) >= 11 is 0. The fraction of sp³-hybridized carbons (Fsp3) is 0.714. The molecule has 704 valence electrons. The van der Waals surface area contributed by atoms with Crippen molar-refractivity contribution >= 4 is 57.8 Å². The van der Waals surface area contributed by atoms with Crippen LogP contribution in [0, 0.1) is 43.3 Å². The maximum Gasteiger partial charge on any atom is 0.157 e. The van der Waals surface area contributed by atoms with E-state index in [1.807, 2.05) is 69.4 Å². The molecule has 6 saturated heterocycles. The Balaban J connectivity index is 0.000000193. The van der Waals surface area contributed by atoms with E-state index in [1.54, 1.807) is 24.3 Å². The molecule has 10 aliphatic carbocycles. The summed E-state index contributed by atoms with van der Waals surface area (Å²) in [6.45, 7) is 50.6. The molecule has 126 heavy (non-hydrogen) atoms. The minimum Gasteiger partial charge on any atom is -0.402 e. The molecule has 0 atom stereocenters. The molecule has 0 bridgehead atoms. The lowest BCUT2D eigenvalue weighted by Crippen LogP contribution is -2.39. The number of hydrogen-bond acceptors (Lipinski definition) is 21. The number of allylic oxidation sites excluding steroid dienone is 20. The minimum atomic E-state index is -0.149. The van der Waals surface area contributed by atoms with Gasteiger partial charge < -0.3 is 55.8 Å². The van der Waals surface area contributed by atoms with Crippen LogP contribution in [0.2, 0.25) is 0 Å². The fourth-order valence-electron chi connectivity index (χ4n) is 20.1. The summed E-state index contributed by atoms with van der Waals surface area (Å²) in [5, 5.41) is 15.7. The van der Waals surface area contributed by atoms with Gasteiger partial charge in [-0.1, -0.05) is 111 Å². The smallest absolute Gasteiger partial charge is 0.157 e. The fourth-order valence-corrected chi connectivity index (χ4v) is 20.1. The highest BCUT2D eigenvalue weighted by molar-refractivity contribution is 5.96. The number of carbonyl (C=O) groups excluding carboxylic acids is 10. The van der Waals surface area contributed by atoms with Crippen molar-refractivity contribution in [2.75, 3.05) is 106 Å². The van der Waals surface area contributed by atoms with Crippen molar-refractivity contribution in [2.45, 2.75) is 336 Å². The topological polar surface area (TPSA) is 264 Å². The van der Waals surface area contributed by atoms with Crippen LogP contribution in [0.3, 0.4) is 0 Å². The number of hydrogen-bond donors (Lipinski definition) is 4. The van der Waals surface area contributed by atoms with E-state index in [2.05, 4.69) is 151 Å². The van der Waals surface area contributed by atoms with Crippen molar-refractivity contribution in [3.8, 4) is 0 Å². The summed E-state index contributed by atoms with van der Waals surface area (Å²) in [4.78, 5) is 129. The summed E-state index contributed by atoms with van der Waals surface area (Å²) in [7, 11) is 5.83. The van der Waals surface area contributed by atoms with Gasteiger partial charge in [0, 0.05) is 282 Å². The molecule has 0 radical (unpaired) electrons. The Morgan fingerprint density at radius 3 is 0.881 bits per heavy atom. The lowest BCUT2D eigenvalue weighted by atomic mass is 9.78. The minimum absolute atomic E-state index is 0.0793. The first-order chi connectivity index (χ1) is 58.8. The van der Waals surface area contributed by atoms with Crippen LogP contribution in [0.25, 0.3) is 0 Å². The van der Waals surface area contributed by atoms with E-state index in [-0.39, 0.29) is 78.3 Å². The number of aliphatic hydroxyl groups is 1. The Bertz CT molecular complexity index is 4100. The second-order valence-electron chi connectivity index (χ2n) is 45.0. The average Bonchev–Trinajstić information content (AvgIpc) is 1.08. The van der Waals surface area contributed by atoms with Gasteiger partial charge in [-0.2, -0.15) is 0 Å². The van der Waals surface area contributed by atoms with Crippen molar-refractivity contribution in [3.63, 3.8) is 0 Å². The largest absolute Gasteiger partial charge is 0.402 e. The van der Waals surface area contributed by atoms with Crippen molar-refractivity contribution < 1.29 is 53.1 Å². The Kier molecular flexibility index (Phi) is 39.7. The number of aliphatic hydroxyl groups excluding tert-OH is 1. The molecule has 0 aromatic carbocycles. The molecule has 0 amide bonds. The highest BCUT2D eigenvalue weighted by Crippen LogP contribution is 2.42. The number of nitrogens with two attached hydrogens (primary N) is 1. The predicted octanol–water partition coefficient (Wildman–Crippen LogP) is 18.2. The molecule has 16 rings (SSSR count). The van der Waals surface area contributed by atoms with Crippen LogP contribution in [0.5, 0.6) is 0 Å². The number of nitrogens with zero attached hydrogens (tertiary/aromatic N) is 7. The van der Waals surface area contributed by atoms with Crippen molar-refractivity contribution in [1.29, 1.82) is 0 Å². The maximum atomic E-state index is 11.6. The molecule has 6 fully saturated rings. The lowest BCUT2D eigenvalue weighted by molar-refractivity contribution is -0.118. The number of nitrogens with one attached hydrogen (secondary N) is 2. The van der Waals surface area contributed by atoms with Crippen LogP contribution in [0.15, 0.2) is 118 Å². The quantitative estimate of drug-likeness (QED) is 0.158. The first-order valence-electron chi connectivity index (χ1n) is 48.2. The van der Waals surface area contributed by atoms with Gasteiger partial charge >= 0.3 is 0 Å². The normalized spacial score (nSPS) is 24.8. The van der Waals surface area contributed by atoms with Gasteiger partial charge in [0.15, 0.2) is 57.8 Å². The van der Waals surface area contributed by atoms with Crippen LogP contribution < -0.4 is 16.4 Å². The molecule has 5 N–H and O–H groups in total. The third kappa shape index (κ3) is 38.0. The second kappa shape index (κ2) is 47.6. The Hall–Kier alpha value is -7.94. The molecule has 0 aromatic rings. The highest BCUT2D eigenvalue weighted by Gasteiger charge is 2.37. The van der Waals surface area contributed by atoms with Crippen molar-refractivity contribution in [1.82, 2.24) is 44.9 Å². The number of piperidine rings is 2. The van der Waals surface area contributed by atoms with Gasteiger partial charge in [0.2, 0.25) is 0 Å². The first-order valence-corrected chi connectivity index (χ1v) is 48.2. The standard InChI is InChI=1S/C13H21NO2.C13H21NO.C12H19NO.C11H17NO.C10H15NO.2C10H17NO.C9H13NO.C9H15NO.C8H13NO/c1-13(2)8-10(7-12(16)9-13)14-5-3-11(15)4-6-14;1-13(2)9-11(8-12(15)10-13)14-6-4-3-5-7-14;1-12(2)8-10(7-11(14)9-12)13-5-3-4-6-13;1-11(2)7-9(6-10(13)8-11)12-4-3-5-12;12-10-5-3-4-9(8-10)11-6-1-2-7-11;1-10(2)6-8(11(3)4)5-9(12)7-10;1-4-11-8-5-9(12)7-10(2,3)6-8;11-9-4-3-8(7-9)10-5-1-2-6-10;1-9(2)5-7(10-3)4-8(11)6-9;1-8(2)4-6(9)3-7(10)5-8/h7,11,15H,3-6,8-9H2,1-2H3;8H,3-7,9-10H2,1-2H3;7H,3-6,8-9H2,1-2H3;6H,3-5,7-8H2,1-2H3;8H,1-7H2;5H,6-7H2,1-4H3;5,11H,4,6-7H2,1-3H3;7H,1-6H2;4,10H,5-6H2,1-3H3;3H,4-5,9H2,1-2H3. The number of ketones is 10. The van der Waals surface area contributed by atoms with E-state index in [0.29, 0.717) is 80.3 Å². The van der Waals surface area contributed by atoms with Crippen LogP contribution in [0.1, 0.15) is 330 Å². The van der Waals surface area contributed by atoms with Crippen LogP contribution in [0.4, 0.5) is 0 Å². The van der Waals surface area contributed by atoms with Gasteiger partial charge in [-0.3, -0.25) is 47.9 Å². The number of carbonyl (C=O) groups is 10. The molecule has 21 heteroatoms. The van der Waals surface area contributed by atoms with Crippen LogP contribution in [-0.4, -0.2) is 210 Å². The Morgan fingerprint density at radius 1 is 0.302 bits per heavy atom. The van der Waals surface area contributed by atoms with E-state index >= 15 is 0 Å². The van der Waals surface area contributed by atoms with Gasteiger partial charge in [0.25, 0.3) is 0 Å². The SMILES string of the molecule is CC1(C)CC(=O)C=C(N)C1.CC1(C)CC(=O)C=C(N2CCC(O)CC2)C1.CC1(C)CC(=O)C=C(N2CCC2)C1.CC1(C)CC(=O)C=C(N2CCCC2)C1.CC1(C)CC(=O)C=C(N2CCCCC2)C1.CCNC1=CC(=O)CC(C)(C)C1.CN(C)C1=CC(=O)CC(C)(C)C1.CNC1=CC(=O)CC(C)(C)C1.O=C1C=C(N2CCCC2)CC1.O=C1C=C(N2CCCC2)CCC1. The molecule has 16 aliphatic rings. The van der Waals surface area contributed by atoms with E-state index in [9.17, 15) is 53.1 Å². The zero-order valence-corrected chi connectivity index (χ0v) is 82.1. The number of rotatable bonds is 10. The molecule has 0 spiro atoms. The molecule has 0 aromatic heterocycles. The first kappa shape index (κ1) is 105. The number of likely N-dealkylation sites (tertiary alicyclic amines) is 6. The zero-order chi connectivity index (χ0) is 93.2. The van der Waals surface area contributed by atoms with E-state index in [0.717, 1.165) is 178 Å². The Labute approximate surface area is 760 Å². The molecular weight excluding hydrogens is 1580 g/mol. The predicted molar refractivity (Wildman–Crippen MR) is 510 cm³/mol. The molecule has 0 saturated carbocycles. The summed E-state index contributed by atoms with van der Waals surface area (Å²) in [6.07, 6.45) is 50.5.